The fourth-order valence-corrected chi connectivity index (χ4v) is 1.20. The molecule has 13 heavy (non-hydrogen) atoms. The molecule has 0 saturated heterocycles. The molecule has 0 spiro atoms. The van der Waals surface area contributed by atoms with Crippen LogP contribution in [0.5, 0.6) is 0 Å². The number of rotatable bonds is 6. The molecule has 0 saturated carbocycles. The molecule has 0 radical (unpaired) electrons. The van der Waals surface area contributed by atoms with Crippen molar-refractivity contribution in [2.45, 2.75) is 32.6 Å². The summed E-state index contributed by atoms with van der Waals surface area (Å²) in [6.07, 6.45) is 7.58. The Labute approximate surface area is 104 Å². The van der Waals surface area contributed by atoms with Crippen LogP contribution in [0.4, 0.5) is 0 Å². The van der Waals surface area contributed by atoms with Crippen LogP contribution in [0.2, 0.25) is 0 Å². The maximum Gasteiger partial charge on any atom is 1.00 e. The maximum atomic E-state index is 10.2. The van der Waals surface area contributed by atoms with Gasteiger partial charge in [-0.25, -0.2) is 0 Å². The molecular weight excluding hydrogens is 199 g/mol. The molecule has 1 N–H and O–H groups in total. The third kappa shape index (κ3) is 15.4. The minimum atomic E-state index is -3.80. The molecule has 74 valence electrons. The summed E-state index contributed by atoms with van der Waals surface area (Å²) >= 11 is 0. The Hall–Kier alpha value is 0.650. The average Bonchev–Trinajstić information content (AvgIpc) is 1.94. The summed E-state index contributed by atoms with van der Waals surface area (Å²) in [5, 5.41) is 0. The van der Waals surface area contributed by atoms with Crippen LogP contribution in [0, 0.1) is 0 Å². The normalized spacial score (nSPS) is 11.5. The Morgan fingerprint density at radius 2 is 1.92 bits per heavy atom. The van der Waals surface area contributed by atoms with E-state index >= 15 is 0 Å². The van der Waals surface area contributed by atoms with Crippen molar-refractivity contribution < 1.29 is 44.0 Å². The van der Waals surface area contributed by atoms with Crippen molar-refractivity contribution in [2.75, 3.05) is 5.75 Å². The molecule has 0 rings (SSSR count). The molecule has 0 aromatic carbocycles. The Morgan fingerprint density at radius 3 is 2.38 bits per heavy atom. The maximum absolute atomic E-state index is 10.2. The Morgan fingerprint density at radius 1 is 1.31 bits per heavy atom. The first-order chi connectivity index (χ1) is 5.56. The summed E-state index contributed by atoms with van der Waals surface area (Å²) in [5.74, 6) is -0.265. The molecule has 5 heteroatoms. The third-order valence-corrected chi connectivity index (χ3v) is 2.06. The zero-order chi connectivity index (χ0) is 9.45. The third-order valence-electron chi connectivity index (χ3n) is 1.45. The van der Waals surface area contributed by atoms with Crippen molar-refractivity contribution >= 4 is 10.1 Å². The second-order valence-electron chi connectivity index (χ2n) is 2.72. The molecule has 0 aliphatic heterocycles. The van der Waals surface area contributed by atoms with Gasteiger partial charge in [0.15, 0.2) is 0 Å². The molecule has 0 amide bonds. The Balaban J connectivity index is -0.000000605. The minimum Gasteiger partial charge on any atom is -1.00 e. The van der Waals surface area contributed by atoms with Gasteiger partial charge in [0, 0.05) is 0 Å². The molecule has 0 atom stereocenters. The van der Waals surface area contributed by atoms with Crippen molar-refractivity contribution in [3.8, 4) is 0 Å². The Bertz CT molecular complexity index is 227. The molecule has 0 unspecified atom stereocenters. The summed E-state index contributed by atoms with van der Waals surface area (Å²) in [7, 11) is -3.80. The monoisotopic (exact) mass is 216 g/mol. The van der Waals surface area contributed by atoms with E-state index in [2.05, 4.69) is 6.92 Å². The van der Waals surface area contributed by atoms with Crippen molar-refractivity contribution in [2.24, 2.45) is 0 Å². The van der Waals surface area contributed by atoms with Gasteiger partial charge < -0.3 is 1.43 Å². The van der Waals surface area contributed by atoms with Crippen LogP contribution in [0.3, 0.4) is 0 Å². The van der Waals surface area contributed by atoms with Crippen LogP contribution in [-0.2, 0) is 10.1 Å². The van der Waals surface area contributed by atoms with Crippen LogP contribution < -0.4 is 29.6 Å². The summed E-state index contributed by atoms with van der Waals surface area (Å²) in [6, 6.07) is 0. The SMILES string of the molecule is CCCCCC=CCS(=O)(=O)O.[H-].[Na+]. The van der Waals surface area contributed by atoms with E-state index in [0.717, 1.165) is 25.7 Å². The van der Waals surface area contributed by atoms with E-state index in [1.54, 1.807) is 6.08 Å². The standard InChI is InChI=1S/C8H16O3S.Na.H/c1-2-3-4-5-6-7-8-12(9,10)11;;/h6-7H,2-5,8H2,1H3,(H,9,10,11);;/q;+1;-1. The number of unbranched alkanes of at least 4 members (excludes halogenated alkanes) is 3. The molecule has 0 aromatic rings. The van der Waals surface area contributed by atoms with E-state index in [-0.39, 0.29) is 36.7 Å². The molecule has 0 bridgehead atoms. The van der Waals surface area contributed by atoms with Crippen molar-refractivity contribution in [3.05, 3.63) is 12.2 Å². The zero-order valence-corrected chi connectivity index (χ0v) is 11.2. The van der Waals surface area contributed by atoms with Crippen molar-refractivity contribution in [1.29, 1.82) is 0 Å². The molecule has 0 aliphatic rings. The Kier molecular flexibility index (Phi) is 11.4. The second-order valence-corrected chi connectivity index (χ2v) is 4.21. The van der Waals surface area contributed by atoms with Gasteiger partial charge in [0.2, 0.25) is 0 Å². The average molecular weight is 216 g/mol. The predicted molar refractivity (Wildman–Crippen MR) is 50.8 cm³/mol. The zero-order valence-electron chi connectivity index (χ0n) is 9.36. The largest absolute Gasteiger partial charge is 1.00 e. The number of allylic oxidation sites excluding steroid dienone is 1. The molecular formula is C8H17NaO3S. The van der Waals surface area contributed by atoms with Gasteiger partial charge >= 0.3 is 29.6 Å². The fourth-order valence-electron chi connectivity index (χ4n) is 0.820. The van der Waals surface area contributed by atoms with Crippen molar-refractivity contribution in [3.63, 3.8) is 0 Å². The van der Waals surface area contributed by atoms with Gasteiger partial charge in [-0.1, -0.05) is 31.9 Å². The quantitative estimate of drug-likeness (QED) is 0.272. The fraction of sp³-hybridized carbons (Fsp3) is 0.750. The van der Waals surface area contributed by atoms with Crippen LogP contribution in [-0.4, -0.2) is 18.7 Å². The van der Waals surface area contributed by atoms with E-state index in [1.807, 2.05) is 0 Å². The molecule has 0 aromatic heterocycles. The van der Waals surface area contributed by atoms with Crippen LogP contribution in [0.25, 0.3) is 0 Å². The van der Waals surface area contributed by atoms with E-state index < -0.39 is 10.1 Å². The summed E-state index contributed by atoms with van der Waals surface area (Å²) < 4.78 is 28.8. The van der Waals surface area contributed by atoms with Gasteiger partial charge in [0.05, 0.1) is 5.75 Å². The van der Waals surface area contributed by atoms with Gasteiger partial charge in [0.25, 0.3) is 10.1 Å². The first-order valence-corrected chi connectivity index (χ1v) is 5.77. The molecule has 3 nitrogen and oxygen atoms in total. The first kappa shape index (κ1) is 16.1. The minimum absolute atomic E-state index is 0. The van der Waals surface area contributed by atoms with E-state index in [4.69, 9.17) is 4.55 Å². The van der Waals surface area contributed by atoms with Gasteiger partial charge in [-0.05, 0) is 12.8 Å². The summed E-state index contributed by atoms with van der Waals surface area (Å²) in [4.78, 5) is 0. The first-order valence-electron chi connectivity index (χ1n) is 4.16. The van der Waals surface area contributed by atoms with E-state index in [0.29, 0.717) is 0 Å². The summed E-state index contributed by atoms with van der Waals surface area (Å²) in [5.41, 5.74) is 0. The number of hydrogen-bond acceptors (Lipinski definition) is 2. The van der Waals surface area contributed by atoms with Gasteiger partial charge in [0.1, 0.15) is 0 Å². The van der Waals surface area contributed by atoms with Crippen LogP contribution in [0.1, 0.15) is 34.0 Å². The second kappa shape index (κ2) is 9.21. The van der Waals surface area contributed by atoms with Gasteiger partial charge in [-0.3, -0.25) is 4.55 Å². The number of hydrogen-bond donors (Lipinski definition) is 1. The van der Waals surface area contributed by atoms with Gasteiger partial charge in [-0.2, -0.15) is 8.42 Å². The van der Waals surface area contributed by atoms with Crippen LogP contribution in [0.15, 0.2) is 12.2 Å². The van der Waals surface area contributed by atoms with Crippen LogP contribution >= 0.6 is 0 Å². The smallest absolute Gasteiger partial charge is 1.00 e. The molecule has 0 fully saturated rings. The van der Waals surface area contributed by atoms with E-state index in [1.165, 1.54) is 6.08 Å². The molecule has 0 heterocycles. The molecule has 0 aliphatic carbocycles. The van der Waals surface area contributed by atoms with Gasteiger partial charge in [-0.15, -0.1) is 0 Å². The summed E-state index contributed by atoms with van der Waals surface area (Å²) in [6.45, 7) is 2.11. The van der Waals surface area contributed by atoms with Crippen molar-refractivity contribution in [1.82, 2.24) is 0 Å². The topological polar surface area (TPSA) is 54.4 Å². The van der Waals surface area contributed by atoms with E-state index in [9.17, 15) is 8.42 Å². The predicted octanol–water partition coefficient (Wildman–Crippen LogP) is -0.873.